The average molecular weight is 363 g/mol. The summed E-state index contributed by atoms with van der Waals surface area (Å²) < 4.78 is 0. The van der Waals surface area contributed by atoms with Gasteiger partial charge >= 0.3 is 0 Å². The third-order valence-electron chi connectivity index (χ3n) is 5.50. The number of aromatic amines is 1. The second-order valence-corrected chi connectivity index (χ2v) is 7.01. The van der Waals surface area contributed by atoms with Crippen LogP contribution in [-0.2, 0) is 10.2 Å². The van der Waals surface area contributed by atoms with E-state index in [1.54, 1.807) is 29.7 Å². The number of carbonyl (C=O) groups excluding carboxylic acids is 2. The number of fused-ring (bicyclic) bond motifs is 1. The molecule has 4 rings (SSSR count). The number of para-hydroxylation sites is 1. The zero-order chi connectivity index (χ0) is 18.9. The Morgan fingerprint density at radius 1 is 1.00 bits per heavy atom. The van der Waals surface area contributed by atoms with Crippen LogP contribution in [0.1, 0.15) is 41.6 Å². The number of anilines is 1. The molecule has 6 heteroatoms. The maximum atomic E-state index is 13.3. The molecule has 1 aromatic heterocycles. The smallest absolute Gasteiger partial charge is 0.274 e. The summed E-state index contributed by atoms with van der Waals surface area (Å²) in [4.78, 5) is 28.0. The largest absolute Gasteiger partial charge is 0.361 e. The Hall–Kier alpha value is -3.12. The number of rotatable bonds is 4. The number of hydrogen-bond donors (Lipinski definition) is 4. The third kappa shape index (κ3) is 2.98. The molecule has 27 heavy (non-hydrogen) atoms. The van der Waals surface area contributed by atoms with Crippen LogP contribution in [0, 0.1) is 0 Å². The van der Waals surface area contributed by atoms with Gasteiger partial charge in [-0.05, 0) is 48.7 Å². The van der Waals surface area contributed by atoms with Crippen LogP contribution in [0.3, 0.4) is 0 Å². The number of hydrogen-bond acceptors (Lipinski definition) is 3. The van der Waals surface area contributed by atoms with Crippen molar-refractivity contribution in [2.24, 2.45) is 0 Å². The lowest BCUT2D eigenvalue weighted by Crippen LogP contribution is -2.37. The number of nitrogens with one attached hydrogen (secondary N) is 3. The van der Waals surface area contributed by atoms with Crippen LogP contribution in [-0.4, -0.2) is 22.0 Å². The molecular weight excluding hydrogens is 342 g/mol. The SMILES string of the molecule is O=C(NO)c1ccc(NC(=O)C2(c3c[nH]c4ccccc34)CCCC2)cc1. The number of hydroxylamine groups is 1. The van der Waals surface area contributed by atoms with E-state index in [4.69, 9.17) is 5.21 Å². The van der Waals surface area contributed by atoms with Gasteiger partial charge in [0.25, 0.3) is 5.91 Å². The van der Waals surface area contributed by atoms with Gasteiger partial charge in [-0.25, -0.2) is 5.48 Å². The van der Waals surface area contributed by atoms with Crippen molar-refractivity contribution in [3.8, 4) is 0 Å². The first kappa shape index (κ1) is 17.3. The average Bonchev–Trinajstić information content (AvgIpc) is 3.35. The minimum absolute atomic E-state index is 0.0240. The summed E-state index contributed by atoms with van der Waals surface area (Å²) in [5.74, 6) is -0.608. The van der Waals surface area contributed by atoms with Gasteiger partial charge in [0.2, 0.25) is 5.91 Å². The first-order chi connectivity index (χ1) is 13.1. The van der Waals surface area contributed by atoms with Gasteiger partial charge in [0.1, 0.15) is 0 Å². The van der Waals surface area contributed by atoms with Gasteiger partial charge in [0.05, 0.1) is 5.41 Å². The highest BCUT2D eigenvalue weighted by molar-refractivity contribution is 6.03. The molecule has 0 unspecified atom stereocenters. The number of benzene rings is 2. The highest BCUT2D eigenvalue weighted by atomic mass is 16.5. The predicted octanol–water partition coefficient (Wildman–Crippen LogP) is 3.74. The normalized spacial score (nSPS) is 15.6. The molecule has 4 N–H and O–H groups in total. The number of carbonyl (C=O) groups is 2. The maximum absolute atomic E-state index is 13.3. The van der Waals surface area contributed by atoms with Crippen LogP contribution >= 0.6 is 0 Å². The van der Waals surface area contributed by atoms with Gasteiger partial charge < -0.3 is 10.3 Å². The van der Waals surface area contributed by atoms with E-state index in [1.165, 1.54) is 0 Å². The van der Waals surface area contributed by atoms with Crippen LogP contribution in [0.4, 0.5) is 5.69 Å². The summed E-state index contributed by atoms with van der Waals surface area (Å²) in [7, 11) is 0. The quantitative estimate of drug-likeness (QED) is 0.420. The molecule has 1 heterocycles. The fourth-order valence-corrected chi connectivity index (χ4v) is 4.08. The lowest BCUT2D eigenvalue weighted by molar-refractivity contribution is -0.121. The molecule has 1 aliphatic rings. The molecule has 1 fully saturated rings. The molecule has 2 aromatic carbocycles. The molecule has 3 aromatic rings. The molecule has 0 bridgehead atoms. The van der Waals surface area contributed by atoms with E-state index >= 15 is 0 Å². The van der Waals surface area contributed by atoms with E-state index in [2.05, 4.69) is 16.4 Å². The van der Waals surface area contributed by atoms with Crippen molar-refractivity contribution in [3.63, 3.8) is 0 Å². The second kappa shape index (κ2) is 6.89. The summed E-state index contributed by atoms with van der Waals surface area (Å²) in [5.41, 5.74) is 4.07. The van der Waals surface area contributed by atoms with Crippen molar-refractivity contribution in [2.75, 3.05) is 5.32 Å². The van der Waals surface area contributed by atoms with Crippen molar-refractivity contribution >= 4 is 28.4 Å². The molecular formula is C21H21N3O3. The lowest BCUT2D eigenvalue weighted by Gasteiger charge is -2.27. The predicted molar refractivity (Wildman–Crippen MR) is 103 cm³/mol. The lowest BCUT2D eigenvalue weighted by atomic mass is 9.77. The summed E-state index contributed by atoms with van der Waals surface area (Å²) in [6.07, 6.45) is 5.62. The van der Waals surface area contributed by atoms with Gasteiger partial charge in [-0.15, -0.1) is 0 Å². The molecule has 0 radical (unpaired) electrons. The molecule has 2 amide bonds. The van der Waals surface area contributed by atoms with E-state index in [-0.39, 0.29) is 5.91 Å². The van der Waals surface area contributed by atoms with Gasteiger partial charge in [0, 0.05) is 28.4 Å². The minimum atomic E-state index is -0.584. The Morgan fingerprint density at radius 3 is 2.41 bits per heavy atom. The summed E-state index contributed by atoms with van der Waals surface area (Å²) >= 11 is 0. The Morgan fingerprint density at radius 2 is 1.70 bits per heavy atom. The van der Waals surface area contributed by atoms with Crippen LogP contribution in [0.2, 0.25) is 0 Å². The van der Waals surface area contributed by atoms with E-state index in [0.717, 1.165) is 42.1 Å². The highest BCUT2D eigenvalue weighted by Crippen LogP contribution is 2.44. The van der Waals surface area contributed by atoms with Gasteiger partial charge in [-0.1, -0.05) is 31.0 Å². The number of amides is 2. The first-order valence-corrected chi connectivity index (χ1v) is 9.07. The van der Waals surface area contributed by atoms with Crippen LogP contribution < -0.4 is 10.8 Å². The van der Waals surface area contributed by atoms with E-state index in [9.17, 15) is 9.59 Å². The maximum Gasteiger partial charge on any atom is 0.274 e. The molecule has 6 nitrogen and oxygen atoms in total. The van der Waals surface area contributed by atoms with Gasteiger partial charge in [0.15, 0.2) is 0 Å². The summed E-state index contributed by atoms with van der Waals surface area (Å²) in [6.45, 7) is 0. The topological polar surface area (TPSA) is 94.2 Å². The Kier molecular flexibility index (Phi) is 4.41. The molecule has 0 aliphatic heterocycles. The molecule has 138 valence electrons. The van der Waals surface area contributed by atoms with Crippen LogP contribution in [0.5, 0.6) is 0 Å². The zero-order valence-corrected chi connectivity index (χ0v) is 14.8. The van der Waals surface area contributed by atoms with Crippen LogP contribution in [0.15, 0.2) is 54.7 Å². The highest BCUT2D eigenvalue weighted by Gasteiger charge is 2.44. The van der Waals surface area contributed by atoms with E-state index in [0.29, 0.717) is 11.3 Å². The third-order valence-corrected chi connectivity index (χ3v) is 5.50. The fraction of sp³-hybridized carbons (Fsp3) is 0.238. The standard InChI is InChI=1S/C21H21N3O3/c25-19(24-27)14-7-9-15(10-8-14)23-20(26)21(11-3-4-12-21)17-13-22-18-6-2-1-5-16(17)18/h1-2,5-10,13,22,27H,3-4,11-12H2,(H,23,26)(H,24,25). The molecule has 0 saturated heterocycles. The molecule has 0 atom stereocenters. The minimum Gasteiger partial charge on any atom is -0.361 e. The second-order valence-electron chi connectivity index (χ2n) is 7.01. The Bertz CT molecular complexity index is 985. The summed E-state index contributed by atoms with van der Waals surface area (Å²) in [5, 5.41) is 12.8. The first-order valence-electron chi connectivity index (χ1n) is 9.07. The van der Waals surface area contributed by atoms with Crippen LogP contribution in [0.25, 0.3) is 10.9 Å². The van der Waals surface area contributed by atoms with E-state index in [1.807, 2.05) is 24.4 Å². The van der Waals surface area contributed by atoms with Crippen molar-refractivity contribution in [1.82, 2.24) is 10.5 Å². The van der Waals surface area contributed by atoms with Crippen molar-refractivity contribution < 1.29 is 14.8 Å². The van der Waals surface area contributed by atoms with Gasteiger partial charge in [-0.3, -0.25) is 14.8 Å². The number of aromatic nitrogens is 1. The summed E-state index contributed by atoms with van der Waals surface area (Å²) in [6, 6.07) is 14.5. The van der Waals surface area contributed by atoms with Crippen molar-refractivity contribution in [1.29, 1.82) is 0 Å². The molecule has 0 spiro atoms. The monoisotopic (exact) mass is 363 g/mol. The van der Waals surface area contributed by atoms with Crippen molar-refractivity contribution in [2.45, 2.75) is 31.1 Å². The van der Waals surface area contributed by atoms with Gasteiger partial charge in [-0.2, -0.15) is 0 Å². The Labute approximate surface area is 156 Å². The van der Waals surface area contributed by atoms with E-state index < -0.39 is 11.3 Å². The number of H-pyrrole nitrogens is 1. The fourth-order valence-electron chi connectivity index (χ4n) is 4.08. The Balaban J connectivity index is 1.64. The van der Waals surface area contributed by atoms with Crippen molar-refractivity contribution in [3.05, 3.63) is 65.9 Å². The molecule has 1 saturated carbocycles. The zero-order valence-electron chi connectivity index (χ0n) is 14.8. The molecule has 1 aliphatic carbocycles.